The minimum Gasteiger partial charge on any atom is -0.358 e. The van der Waals surface area contributed by atoms with Crippen LogP contribution in [-0.4, -0.2) is 0 Å². The van der Waals surface area contributed by atoms with E-state index in [0.29, 0.717) is 0 Å². The minimum absolute atomic E-state index is 0. The van der Waals surface area contributed by atoms with Gasteiger partial charge in [-0.3, -0.25) is 0 Å². The standard InChI is InChI=1S/2C10H20.2CH3.Mn/c2*1-6-7(2)9(4)10(5)8(6)3;;;/h2*6-10H,1-5H3;2*1H3;/q;;2*-1;+2. The number of hydrogen-bond acceptors (Lipinski definition) is 0. The average molecular weight is 366 g/mol. The topological polar surface area (TPSA) is 0 Å². The Kier molecular flexibility index (Phi) is 13.8. The normalized spacial score (nSPS) is 48.3. The number of rotatable bonds is 0. The third kappa shape index (κ3) is 5.78. The van der Waals surface area contributed by atoms with E-state index in [1.165, 1.54) is 0 Å². The molecule has 0 amide bonds. The van der Waals surface area contributed by atoms with Gasteiger partial charge < -0.3 is 14.9 Å². The van der Waals surface area contributed by atoms with Gasteiger partial charge in [0.2, 0.25) is 0 Å². The van der Waals surface area contributed by atoms with Crippen molar-refractivity contribution in [3.05, 3.63) is 14.9 Å². The van der Waals surface area contributed by atoms with Crippen LogP contribution in [0.5, 0.6) is 0 Å². The van der Waals surface area contributed by atoms with Gasteiger partial charge in [-0.05, 0) is 59.2 Å². The zero-order valence-electron chi connectivity index (χ0n) is 18.2. The van der Waals surface area contributed by atoms with Crippen molar-refractivity contribution >= 4 is 0 Å². The maximum atomic E-state index is 2.40. The molecule has 0 aromatic heterocycles. The summed E-state index contributed by atoms with van der Waals surface area (Å²) >= 11 is 0. The molecule has 0 N–H and O–H groups in total. The molecule has 1 radical (unpaired) electrons. The first-order valence-corrected chi connectivity index (χ1v) is 9.11. The van der Waals surface area contributed by atoms with E-state index in [1.807, 2.05) is 0 Å². The van der Waals surface area contributed by atoms with Crippen molar-refractivity contribution in [1.82, 2.24) is 0 Å². The molecule has 0 atom stereocenters. The number of hydrogen-bond donors (Lipinski definition) is 0. The van der Waals surface area contributed by atoms with E-state index in [4.69, 9.17) is 0 Å². The molecular weight excluding hydrogens is 319 g/mol. The van der Waals surface area contributed by atoms with Crippen LogP contribution < -0.4 is 0 Å². The molecule has 0 spiro atoms. The smallest absolute Gasteiger partial charge is 0.358 e. The minimum atomic E-state index is 0. The van der Waals surface area contributed by atoms with Crippen molar-refractivity contribution in [2.24, 2.45) is 59.2 Å². The van der Waals surface area contributed by atoms with Gasteiger partial charge in [0.25, 0.3) is 0 Å². The van der Waals surface area contributed by atoms with Crippen LogP contribution in [0.25, 0.3) is 0 Å². The Morgan fingerprint density at radius 1 is 0.261 bits per heavy atom. The van der Waals surface area contributed by atoms with Gasteiger partial charge in [0, 0.05) is 0 Å². The second-order valence-electron chi connectivity index (χ2n) is 8.59. The Labute approximate surface area is 160 Å². The van der Waals surface area contributed by atoms with Crippen LogP contribution >= 0.6 is 0 Å². The first-order valence-electron chi connectivity index (χ1n) is 9.11. The molecule has 2 fully saturated rings. The molecule has 1 heteroatoms. The van der Waals surface area contributed by atoms with Crippen LogP contribution in [0.2, 0.25) is 0 Å². The van der Waals surface area contributed by atoms with Gasteiger partial charge in [-0.25, -0.2) is 0 Å². The van der Waals surface area contributed by atoms with Gasteiger partial charge in [0.1, 0.15) is 0 Å². The van der Waals surface area contributed by atoms with Crippen molar-refractivity contribution < 1.29 is 17.1 Å². The SMILES string of the molecule is CC1C(C)C(C)C(C)C1C.CC1C(C)C(C)C(C)C1C.[CH3-].[CH3-].[Mn+2]. The summed E-state index contributed by atoms with van der Waals surface area (Å²) in [5, 5.41) is 0. The van der Waals surface area contributed by atoms with Gasteiger partial charge >= 0.3 is 17.1 Å². The summed E-state index contributed by atoms with van der Waals surface area (Å²) < 4.78 is 0. The molecule has 2 aliphatic rings. The van der Waals surface area contributed by atoms with E-state index in [1.54, 1.807) is 0 Å². The van der Waals surface area contributed by atoms with Crippen molar-refractivity contribution in [2.45, 2.75) is 69.2 Å². The van der Waals surface area contributed by atoms with E-state index in [0.717, 1.165) is 59.2 Å². The van der Waals surface area contributed by atoms with Crippen LogP contribution in [0.4, 0.5) is 0 Å². The molecule has 0 heterocycles. The van der Waals surface area contributed by atoms with E-state index in [2.05, 4.69) is 69.2 Å². The van der Waals surface area contributed by atoms with Crippen molar-refractivity contribution in [3.8, 4) is 0 Å². The van der Waals surface area contributed by atoms with Gasteiger partial charge in [-0.1, -0.05) is 69.2 Å². The fourth-order valence-corrected chi connectivity index (χ4v) is 4.79. The van der Waals surface area contributed by atoms with Crippen LogP contribution in [0.15, 0.2) is 0 Å². The predicted octanol–water partition coefficient (Wildman–Crippen LogP) is 7.26. The summed E-state index contributed by atoms with van der Waals surface area (Å²) in [5.74, 6) is 9.35. The maximum absolute atomic E-state index is 2.40. The Morgan fingerprint density at radius 3 is 0.348 bits per heavy atom. The molecular formula is C22H46Mn. The molecule has 23 heavy (non-hydrogen) atoms. The van der Waals surface area contributed by atoms with Gasteiger partial charge in [0.05, 0.1) is 0 Å². The first kappa shape index (κ1) is 28.3. The summed E-state index contributed by atoms with van der Waals surface area (Å²) in [6.45, 7) is 24.0. The molecule has 0 aromatic rings. The Hall–Kier alpha value is 0.519. The summed E-state index contributed by atoms with van der Waals surface area (Å²) in [5.41, 5.74) is 0. The average Bonchev–Trinajstić information content (AvgIpc) is 2.71. The Balaban J connectivity index is -0.000000308. The summed E-state index contributed by atoms with van der Waals surface area (Å²) in [6, 6.07) is 0. The van der Waals surface area contributed by atoms with Gasteiger partial charge in [-0.2, -0.15) is 0 Å². The third-order valence-corrected chi connectivity index (χ3v) is 8.29. The summed E-state index contributed by atoms with van der Waals surface area (Å²) in [6.07, 6.45) is 0. The molecule has 0 saturated heterocycles. The fraction of sp³-hybridized carbons (Fsp3) is 0.909. The molecule has 2 rings (SSSR count). The zero-order chi connectivity index (χ0) is 15.8. The monoisotopic (exact) mass is 365 g/mol. The second kappa shape index (κ2) is 11.2. The molecule has 0 unspecified atom stereocenters. The van der Waals surface area contributed by atoms with Gasteiger partial charge in [-0.15, -0.1) is 0 Å². The van der Waals surface area contributed by atoms with Crippen LogP contribution in [-0.2, 0) is 17.1 Å². The Bertz CT molecular complexity index is 181. The quantitative estimate of drug-likeness (QED) is 0.313. The molecule has 0 bridgehead atoms. The zero-order valence-corrected chi connectivity index (χ0v) is 19.3. The predicted molar refractivity (Wildman–Crippen MR) is 104 cm³/mol. The summed E-state index contributed by atoms with van der Waals surface area (Å²) in [7, 11) is 0. The van der Waals surface area contributed by atoms with Crippen molar-refractivity contribution in [2.75, 3.05) is 0 Å². The largest absolute Gasteiger partial charge is 2.00 e. The van der Waals surface area contributed by atoms with Crippen LogP contribution in [0.1, 0.15) is 69.2 Å². The van der Waals surface area contributed by atoms with E-state index in [9.17, 15) is 0 Å². The van der Waals surface area contributed by atoms with E-state index in [-0.39, 0.29) is 31.9 Å². The van der Waals surface area contributed by atoms with E-state index >= 15 is 0 Å². The molecule has 141 valence electrons. The molecule has 0 aromatic carbocycles. The first-order chi connectivity index (χ1) is 9.11. The molecule has 2 saturated carbocycles. The third-order valence-electron chi connectivity index (χ3n) is 8.29. The maximum Gasteiger partial charge on any atom is 2.00 e. The van der Waals surface area contributed by atoms with Crippen molar-refractivity contribution in [3.63, 3.8) is 0 Å². The van der Waals surface area contributed by atoms with Crippen LogP contribution in [0.3, 0.4) is 0 Å². The van der Waals surface area contributed by atoms with E-state index < -0.39 is 0 Å². The molecule has 0 aliphatic heterocycles. The van der Waals surface area contributed by atoms with Crippen LogP contribution in [0, 0.1) is 74.0 Å². The van der Waals surface area contributed by atoms with Crippen molar-refractivity contribution in [1.29, 1.82) is 0 Å². The van der Waals surface area contributed by atoms with Gasteiger partial charge in [0.15, 0.2) is 0 Å². The Morgan fingerprint density at radius 2 is 0.304 bits per heavy atom. The fourth-order valence-electron chi connectivity index (χ4n) is 4.79. The second-order valence-corrected chi connectivity index (χ2v) is 8.59. The molecule has 2 aliphatic carbocycles. The molecule has 0 nitrogen and oxygen atoms in total. The summed E-state index contributed by atoms with van der Waals surface area (Å²) in [4.78, 5) is 0.